The Hall–Kier alpha value is -2.53. The number of nitro benzene ring substituents is 1. The number of anilines is 1. The highest BCUT2D eigenvalue weighted by molar-refractivity contribution is 7.12. The Morgan fingerprint density at radius 3 is 2.70 bits per heavy atom. The summed E-state index contributed by atoms with van der Waals surface area (Å²) >= 11 is 1.17. The lowest BCUT2D eigenvalue weighted by Gasteiger charge is -2.07. The normalized spacial score (nSPS) is 10.1. The van der Waals surface area contributed by atoms with Crippen LogP contribution in [0, 0.1) is 33.1 Å². The van der Waals surface area contributed by atoms with Crippen molar-refractivity contribution in [2.75, 3.05) is 5.32 Å². The van der Waals surface area contributed by atoms with Gasteiger partial charge in [0.2, 0.25) is 0 Å². The van der Waals surface area contributed by atoms with E-state index in [1.807, 2.05) is 6.07 Å². The first-order chi connectivity index (χ1) is 9.52. The molecular formula is C12H7F2N3O2S. The third kappa shape index (κ3) is 2.73. The Balaban J connectivity index is 2.26. The van der Waals surface area contributed by atoms with Gasteiger partial charge in [-0.2, -0.15) is 5.26 Å². The fraction of sp³-hybridized carbons (Fsp3) is 0.0833. The average molecular weight is 295 g/mol. The number of hydrogen-bond donors (Lipinski definition) is 1. The summed E-state index contributed by atoms with van der Waals surface area (Å²) in [4.78, 5) is 11.1. The zero-order valence-electron chi connectivity index (χ0n) is 9.89. The molecule has 2 aromatic rings. The van der Waals surface area contributed by atoms with Gasteiger partial charge < -0.3 is 5.32 Å². The smallest absolute Gasteiger partial charge is 0.295 e. The van der Waals surface area contributed by atoms with Crippen molar-refractivity contribution in [2.45, 2.75) is 6.54 Å². The molecule has 0 aliphatic heterocycles. The van der Waals surface area contributed by atoms with Gasteiger partial charge in [0.05, 0.1) is 4.92 Å². The maximum absolute atomic E-state index is 13.6. The molecule has 0 aliphatic carbocycles. The van der Waals surface area contributed by atoms with Gasteiger partial charge in [-0.25, -0.2) is 8.78 Å². The van der Waals surface area contributed by atoms with Crippen LogP contribution in [-0.4, -0.2) is 4.92 Å². The third-order valence-corrected chi connectivity index (χ3v) is 3.47. The Bertz CT molecular complexity index is 709. The molecule has 1 heterocycles. The quantitative estimate of drug-likeness (QED) is 0.692. The van der Waals surface area contributed by atoms with E-state index in [2.05, 4.69) is 5.32 Å². The first-order valence-corrected chi connectivity index (χ1v) is 6.19. The molecular weight excluding hydrogens is 288 g/mol. The summed E-state index contributed by atoms with van der Waals surface area (Å²) in [5.41, 5.74) is -1.04. The average Bonchev–Trinajstić information content (AvgIpc) is 2.88. The second kappa shape index (κ2) is 5.63. The van der Waals surface area contributed by atoms with Gasteiger partial charge in [0.25, 0.3) is 5.69 Å². The molecule has 0 radical (unpaired) electrons. The Morgan fingerprint density at radius 1 is 1.35 bits per heavy atom. The summed E-state index contributed by atoms with van der Waals surface area (Å²) in [7, 11) is 0. The number of hydrogen-bond acceptors (Lipinski definition) is 5. The Morgan fingerprint density at radius 2 is 2.10 bits per heavy atom. The van der Waals surface area contributed by atoms with Crippen molar-refractivity contribution in [3.63, 3.8) is 0 Å². The molecule has 1 aromatic carbocycles. The maximum atomic E-state index is 13.6. The van der Waals surface area contributed by atoms with Crippen LogP contribution in [0.3, 0.4) is 0 Å². The highest BCUT2D eigenvalue weighted by Crippen LogP contribution is 2.30. The standard InChI is InChI=1S/C12H7F2N3O2S/c13-9-3-4-10(17(18)19)12(11(9)14)16-6-8-2-1-7(5-15)20-8/h1-4,16H,6H2. The Kier molecular flexibility index (Phi) is 3.91. The minimum absolute atomic E-state index is 0.0631. The number of thiophene rings is 1. The largest absolute Gasteiger partial charge is 0.372 e. The summed E-state index contributed by atoms with van der Waals surface area (Å²) in [6, 6.07) is 6.77. The van der Waals surface area contributed by atoms with Crippen molar-refractivity contribution in [1.82, 2.24) is 0 Å². The molecule has 0 spiro atoms. The van der Waals surface area contributed by atoms with Gasteiger partial charge >= 0.3 is 0 Å². The summed E-state index contributed by atoms with van der Waals surface area (Å²) in [5, 5.41) is 22.0. The van der Waals surface area contributed by atoms with E-state index < -0.39 is 27.9 Å². The lowest BCUT2D eigenvalue weighted by Crippen LogP contribution is -2.05. The van der Waals surface area contributed by atoms with Crippen LogP contribution in [0.1, 0.15) is 9.75 Å². The number of nitriles is 1. The van der Waals surface area contributed by atoms with Crippen LogP contribution in [-0.2, 0) is 6.54 Å². The van der Waals surface area contributed by atoms with Gasteiger partial charge in [0, 0.05) is 17.5 Å². The van der Waals surface area contributed by atoms with E-state index in [9.17, 15) is 18.9 Å². The van der Waals surface area contributed by atoms with Crippen LogP contribution in [0.2, 0.25) is 0 Å². The van der Waals surface area contributed by atoms with Crippen LogP contribution in [0.4, 0.5) is 20.2 Å². The number of halogens is 2. The van der Waals surface area contributed by atoms with Gasteiger partial charge in [-0.3, -0.25) is 10.1 Å². The van der Waals surface area contributed by atoms with E-state index in [1.54, 1.807) is 12.1 Å². The van der Waals surface area contributed by atoms with Crippen LogP contribution < -0.4 is 5.32 Å². The minimum atomic E-state index is -1.30. The number of nitrogens with one attached hydrogen (secondary N) is 1. The van der Waals surface area contributed by atoms with E-state index in [0.717, 1.165) is 6.07 Å². The fourth-order valence-electron chi connectivity index (χ4n) is 1.57. The summed E-state index contributed by atoms with van der Waals surface area (Å²) in [6.45, 7) is 0.0631. The van der Waals surface area contributed by atoms with Crippen molar-refractivity contribution in [2.24, 2.45) is 0 Å². The van der Waals surface area contributed by atoms with Gasteiger partial charge in [-0.1, -0.05) is 0 Å². The molecule has 8 heteroatoms. The molecule has 20 heavy (non-hydrogen) atoms. The number of benzene rings is 1. The molecule has 0 fully saturated rings. The minimum Gasteiger partial charge on any atom is -0.372 e. The molecule has 0 aliphatic rings. The molecule has 0 unspecified atom stereocenters. The van der Waals surface area contributed by atoms with Crippen LogP contribution in [0.15, 0.2) is 24.3 Å². The van der Waals surface area contributed by atoms with Gasteiger partial charge in [0.15, 0.2) is 17.3 Å². The molecule has 0 bridgehead atoms. The van der Waals surface area contributed by atoms with Crippen molar-refractivity contribution >= 4 is 22.7 Å². The summed E-state index contributed by atoms with van der Waals surface area (Å²) in [6.07, 6.45) is 0. The van der Waals surface area contributed by atoms with Crippen molar-refractivity contribution < 1.29 is 13.7 Å². The topological polar surface area (TPSA) is 79.0 Å². The molecule has 1 N–H and O–H groups in total. The molecule has 102 valence electrons. The predicted molar refractivity (Wildman–Crippen MR) is 69.4 cm³/mol. The highest BCUT2D eigenvalue weighted by Gasteiger charge is 2.21. The van der Waals surface area contributed by atoms with Crippen molar-refractivity contribution in [3.8, 4) is 6.07 Å². The predicted octanol–water partition coefficient (Wildman–Crippen LogP) is 3.42. The van der Waals surface area contributed by atoms with Gasteiger partial charge in [-0.05, 0) is 18.2 Å². The summed E-state index contributed by atoms with van der Waals surface area (Å²) < 4.78 is 26.7. The van der Waals surface area contributed by atoms with E-state index >= 15 is 0 Å². The van der Waals surface area contributed by atoms with E-state index in [-0.39, 0.29) is 6.54 Å². The fourth-order valence-corrected chi connectivity index (χ4v) is 2.31. The zero-order chi connectivity index (χ0) is 14.7. The van der Waals surface area contributed by atoms with Gasteiger partial charge in [0.1, 0.15) is 10.9 Å². The monoisotopic (exact) mass is 295 g/mol. The number of rotatable bonds is 4. The second-order valence-electron chi connectivity index (χ2n) is 3.74. The van der Waals surface area contributed by atoms with E-state index in [4.69, 9.17) is 5.26 Å². The molecule has 0 saturated heterocycles. The first-order valence-electron chi connectivity index (χ1n) is 5.38. The Labute approximate surface area is 116 Å². The molecule has 1 aromatic heterocycles. The van der Waals surface area contributed by atoms with E-state index in [0.29, 0.717) is 15.8 Å². The lowest BCUT2D eigenvalue weighted by molar-refractivity contribution is -0.384. The van der Waals surface area contributed by atoms with Gasteiger partial charge in [-0.15, -0.1) is 11.3 Å². The third-order valence-electron chi connectivity index (χ3n) is 2.48. The number of nitro groups is 1. The van der Waals surface area contributed by atoms with Crippen LogP contribution in [0.5, 0.6) is 0 Å². The molecule has 2 rings (SSSR count). The lowest BCUT2D eigenvalue weighted by atomic mass is 10.2. The number of nitrogens with zero attached hydrogens (tertiary/aromatic N) is 2. The zero-order valence-corrected chi connectivity index (χ0v) is 10.7. The van der Waals surface area contributed by atoms with Crippen LogP contribution >= 0.6 is 11.3 Å². The molecule has 5 nitrogen and oxygen atoms in total. The van der Waals surface area contributed by atoms with Crippen molar-refractivity contribution in [3.05, 3.63) is 55.8 Å². The summed E-state index contributed by atoms with van der Waals surface area (Å²) in [5.74, 6) is -2.46. The first kappa shape index (κ1) is 13.9. The second-order valence-corrected chi connectivity index (χ2v) is 4.91. The highest BCUT2D eigenvalue weighted by atomic mass is 32.1. The SMILES string of the molecule is N#Cc1ccc(CNc2c([N+](=O)[O-])ccc(F)c2F)s1. The van der Waals surface area contributed by atoms with E-state index in [1.165, 1.54) is 11.3 Å². The maximum Gasteiger partial charge on any atom is 0.295 e. The van der Waals surface area contributed by atoms with Crippen LogP contribution in [0.25, 0.3) is 0 Å². The molecule has 0 saturated carbocycles. The molecule has 0 amide bonds. The van der Waals surface area contributed by atoms with Crippen molar-refractivity contribution in [1.29, 1.82) is 5.26 Å². The molecule has 0 atom stereocenters.